The van der Waals surface area contributed by atoms with Crippen LogP contribution in [-0.2, 0) is 6.42 Å². The van der Waals surface area contributed by atoms with Gasteiger partial charge in [0.15, 0.2) is 5.72 Å². The van der Waals surface area contributed by atoms with Crippen molar-refractivity contribution in [2.45, 2.75) is 12.1 Å². The molecule has 2 aromatic carbocycles. The van der Waals surface area contributed by atoms with Gasteiger partial charge in [0.2, 0.25) is 0 Å². The van der Waals surface area contributed by atoms with Crippen LogP contribution in [0.2, 0.25) is 0 Å². The van der Waals surface area contributed by atoms with Crippen molar-refractivity contribution >= 4 is 17.0 Å². The van der Waals surface area contributed by atoms with Crippen molar-refractivity contribution in [1.82, 2.24) is 4.98 Å². The number of fused-ring (bicyclic) bond motifs is 2. The maximum absolute atomic E-state index is 10.6. The molecule has 0 aliphatic carbocycles. The van der Waals surface area contributed by atoms with Crippen molar-refractivity contribution < 1.29 is 5.11 Å². The fraction of sp³-hybridized carbons (Fsp3) is 0.118. The molecule has 1 aliphatic heterocycles. The van der Waals surface area contributed by atoms with Crippen LogP contribution >= 0.6 is 0 Å². The summed E-state index contributed by atoms with van der Waals surface area (Å²) in [4.78, 5) is 7.76. The van der Waals surface area contributed by atoms with E-state index in [1.807, 2.05) is 48.5 Å². The van der Waals surface area contributed by atoms with Crippen molar-refractivity contribution in [2.24, 2.45) is 4.99 Å². The Morgan fingerprint density at radius 1 is 1.05 bits per heavy atom. The smallest absolute Gasteiger partial charge is 0.182 e. The fourth-order valence-electron chi connectivity index (χ4n) is 2.80. The summed E-state index contributed by atoms with van der Waals surface area (Å²) in [6.45, 7) is 0. The third-order valence-corrected chi connectivity index (χ3v) is 3.67. The van der Waals surface area contributed by atoms with E-state index in [4.69, 9.17) is 0 Å². The minimum atomic E-state index is -1.15. The maximum atomic E-state index is 10.6. The molecule has 1 aromatic heterocycles. The van der Waals surface area contributed by atoms with Gasteiger partial charge in [0.25, 0.3) is 0 Å². The van der Waals surface area contributed by atoms with Crippen LogP contribution in [0.3, 0.4) is 0 Å². The molecule has 0 spiro atoms. The largest absolute Gasteiger partial charge is 0.366 e. The van der Waals surface area contributed by atoms with E-state index in [0.717, 1.165) is 27.2 Å². The van der Waals surface area contributed by atoms with E-state index in [1.165, 1.54) is 0 Å². The second-order valence-corrected chi connectivity index (χ2v) is 5.25. The Kier molecular flexibility index (Phi) is 2.32. The second kappa shape index (κ2) is 4.05. The molecule has 0 radical (unpaired) electrons. The standard InChI is InChI=1S/C17H14N2O/c20-17(10-13-6-2-4-8-16(13)19-17)11-14-9-12-5-1-3-7-15(12)18-14/h1-10,18,20H,11H2. The highest BCUT2D eigenvalue weighted by atomic mass is 16.3. The van der Waals surface area contributed by atoms with Gasteiger partial charge >= 0.3 is 0 Å². The van der Waals surface area contributed by atoms with Gasteiger partial charge in [-0.3, -0.25) is 0 Å². The Bertz CT molecular complexity index is 840. The number of para-hydroxylation sites is 2. The van der Waals surface area contributed by atoms with E-state index in [2.05, 4.69) is 22.1 Å². The molecule has 3 nitrogen and oxygen atoms in total. The van der Waals surface area contributed by atoms with Gasteiger partial charge in [-0.15, -0.1) is 0 Å². The molecule has 0 fully saturated rings. The van der Waals surface area contributed by atoms with Gasteiger partial charge in [0, 0.05) is 22.9 Å². The summed E-state index contributed by atoms with van der Waals surface area (Å²) in [6.07, 6.45) is 2.28. The summed E-state index contributed by atoms with van der Waals surface area (Å²) in [5.41, 5.74) is 0.924. The average molecular weight is 262 g/mol. The number of hydrogen-bond donors (Lipinski definition) is 2. The lowest BCUT2D eigenvalue weighted by Gasteiger charge is -2.15. The molecule has 2 heterocycles. The fourth-order valence-corrected chi connectivity index (χ4v) is 2.80. The molecule has 3 heteroatoms. The third-order valence-electron chi connectivity index (χ3n) is 3.67. The van der Waals surface area contributed by atoms with Crippen LogP contribution in [0.1, 0.15) is 5.69 Å². The van der Waals surface area contributed by atoms with Gasteiger partial charge in [0.05, 0.1) is 5.36 Å². The van der Waals surface area contributed by atoms with Gasteiger partial charge < -0.3 is 10.1 Å². The molecule has 2 N–H and O–H groups in total. The molecule has 3 aromatic rings. The molecule has 0 saturated carbocycles. The number of hydrogen-bond acceptors (Lipinski definition) is 2. The van der Waals surface area contributed by atoms with Gasteiger partial charge in [-0.1, -0.05) is 36.4 Å². The van der Waals surface area contributed by atoms with Crippen molar-refractivity contribution in [3.8, 4) is 0 Å². The topological polar surface area (TPSA) is 48.4 Å². The normalized spacial score (nSPS) is 20.4. The first kappa shape index (κ1) is 11.4. The second-order valence-electron chi connectivity index (χ2n) is 5.25. The van der Waals surface area contributed by atoms with Crippen LogP contribution in [0.25, 0.3) is 17.0 Å². The Morgan fingerprint density at radius 3 is 2.70 bits per heavy atom. The average Bonchev–Trinajstić information content (AvgIpc) is 2.97. The number of aromatic nitrogens is 1. The van der Waals surface area contributed by atoms with Crippen molar-refractivity contribution in [3.63, 3.8) is 0 Å². The van der Waals surface area contributed by atoms with Gasteiger partial charge in [-0.05, 0) is 29.7 Å². The van der Waals surface area contributed by atoms with Crippen LogP contribution in [0.5, 0.6) is 0 Å². The van der Waals surface area contributed by atoms with Crippen molar-refractivity contribution in [2.75, 3.05) is 0 Å². The van der Waals surface area contributed by atoms with E-state index in [-0.39, 0.29) is 0 Å². The van der Waals surface area contributed by atoms with Crippen molar-refractivity contribution in [1.29, 1.82) is 0 Å². The van der Waals surface area contributed by atoms with Crippen LogP contribution in [0, 0.1) is 0 Å². The molecule has 1 aliphatic rings. The van der Waals surface area contributed by atoms with Crippen LogP contribution in [-0.4, -0.2) is 15.8 Å². The zero-order valence-electron chi connectivity index (χ0n) is 10.9. The lowest BCUT2D eigenvalue weighted by Crippen LogP contribution is -2.24. The number of H-pyrrole nitrogens is 1. The summed E-state index contributed by atoms with van der Waals surface area (Å²) in [5, 5.41) is 13.6. The number of benzene rings is 2. The highest BCUT2D eigenvalue weighted by Crippen LogP contribution is 2.21. The van der Waals surface area contributed by atoms with Crippen LogP contribution in [0.4, 0.5) is 0 Å². The van der Waals surface area contributed by atoms with E-state index in [9.17, 15) is 5.11 Å². The van der Waals surface area contributed by atoms with Gasteiger partial charge in [-0.2, -0.15) is 0 Å². The molecule has 1 atom stereocenters. The Hall–Kier alpha value is -2.39. The van der Waals surface area contributed by atoms with Crippen LogP contribution < -0.4 is 10.6 Å². The molecule has 0 bridgehead atoms. The first-order valence-corrected chi connectivity index (χ1v) is 6.69. The van der Waals surface area contributed by atoms with E-state index in [1.54, 1.807) is 0 Å². The predicted molar refractivity (Wildman–Crippen MR) is 78.6 cm³/mol. The summed E-state index contributed by atoms with van der Waals surface area (Å²) in [6, 6.07) is 18.0. The van der Waals surface area contributed by atoms with Gasteiger partial charge in [0.1, 0.15) is 0 Å². The Labute approximate surface area is 115 Å². The molecule has 20 heavy (non-hydrogen) atoms. The van der Waals surface area contributed by atoms with E-state index < -0.39 is 5.72 Å². The summed E-state index contributed by atoms with van der Waals surface area (Å²) >= 11 is 0. The zero-order valence-corrected chi connectivity index (χ0v) is 10.9. The molecule has 0 amide bonds. The first-order valence-electron chi connectivity index (χ1n) is 6.69. The molecule has 98 valence electrons. The molecular formula is C17H14N2O. The van der Waals surface area contributed by atoms with Gasteiger partial charge in [-0.25, -0.2) is 4.99 Å². The number of rotatable bonds is 2. The quantitative estimate of drug-likeness (QED) is 0.722. The summed E-state index contributed by atoms with van der Waals surface area (Å²) in [7, 11) is 0. The minimum Gasteiger partial charge on any atom is -0.366 e. The van der Waals surface area contributed by atoms with E-state index >= 15 is 0 Å². The lowest BCUT2D eigenvalue weighted by atomic mass is 10.1. The Balaban J connectivity index is 1.74. The zero-order chi connectivity index (χ0) is 13.6. The monoisotopic (exact) mass is 262 g/mol. The number of aliphatic hydroxyl groups is 1. The highest BCUT2D eigenvalue weighted by Gasteiger charge is 2.27. The molecule has 1 unspecified atom stereocenters. The summed E-state index contributed by atoms with van der Waals surface area (Å²) in [5.74, 6) is 0. The summed E-state index contributed by atoms with van der Waals surface area (Å²) < 4.78 is 0. The first-order chi connectivity index (χ1) is 9.72. The molecule has 4 rings (SSSR count). The van der Waals surface area contributed by atoms with Crippen LogP contribution in [0.15, 0.2) is 59.6 Å². The van der Waals surface area contributed by atoms with E-state index in [0.29, 0.717) is 6.42 Å². The van der Waals surface area contributed by atoms with Crippen molar-refractivity contribution in [3.05, 3.63) is 70.9 Å². The maximum Gasteiger partial charge on any atom is 0.182 e. The predicted octanol–water partition coefficient (Wildman–Crippen LogP) is 1.51. The molecule has 0 saturated heterocycles. The molecular weight excluding hydrogens is 248 g/mol. The number of aromatic amines is 1. The highest BCUT2D eigenvalue weighted by molar-refractivity contribution is 5.80. The minimum absolute atomic E-state index is 0.455. The number of nitrogens with zero attached hydrogens (tertiary/aromatic N) is 1. The third kappa shape index (κ3) is 1.84. The Morgan fingerprint density at radius 2 is 1.85 bits per heavy atom. The number of nitrogens with one attached hydrogen (secondary N) is 1. The lowest BCUT2D eigenvalue weighted by molar-refractivity contribution is 0.116. The SMILES string of the molecule is OC1(Cc2cc3ccccc3[nH]2)C=c2ccccc2=N1.